The molecule has 1 aromatic rings. The molecule has 3 nitrogen and oxygen atoms in total. The summed E-state index contributed by atoms with van der Waals surface area (Å²) >= 11 is 3.06. The average molecular weight is 287 g/mol. The number of halogens is 2. The van der Waals surface area contributed by atoms with Gasteiger partial charge in [-0.1, -0.05) is 6.07 Å². The number of benzene rings is 1. The van der Waals surface area contributed by atoms with E-state index in [1.165, 1.54) is 6.07 Å². The third kappa shape index (κ3) is 2.41. The van der Waals surface area contributed by atoms with E-state index in [9.17, 15) is 9.18 Å². The zero-order chi connectivity index (χ0) is 11.5. The maximum Gasteiger partial charge on any atom is 0.254 e. The minimum absolute atomic E-state index is 0.0845. The Bertz CT molecular complexity index is 405. The van der Waals surface area contributed by atoms with E-state index in [2.05, 4.69) is 26.6 Å². The summed E-state index contributed by atoms with van der Waals surface area (Å²) in [7, 11) is 0. The van der Waals surface area contributed by atoms with Gasteiger partial charge in [0, 0.05) is 12.6 Å². The lowest BCUT2D eigenvalue weighted by atomic mass is 10.1. The molecule has 1 saturated heterocycles. The van der Waals surface area contributed by atoms with Crippen molar-refractivity contribution in [3.63, 3.8) is 0 Å². The monoisotopic (exact) mass is 286 g/mol. The van der Waals surface area contributed by atoms with Crippen LogP contribution < -0.4 is 10.6 Å². The number of rotatable bonds is 2. The number of carbonyl (C=O) groups excluding carboxylic acids is 1. The lowest BCUT2D eigenvalue weighted by molar-refractivity contribution is 0.0936. The normalized spacial score (nSPS) is 19.8. The Balaban J connectivity index is 2.11. The van der Waals surface area contributed by atoms with Crippen molar-refractivity contribution >= 4 is 21.8 Å². The van der Waals surface area contributed by atoms with Crippen molar-refractivity contribution in [1.82, 2.24) is 10.6 Å². The molecule has 0 bridgehead atoms. The molecule has 2 N–H and O–H groups in total. The fraction of sp³-hybridized carbons (Fsp3) is 0.364. The first-order valence-corrected chi connectivity index (χ1v) is 5.93. The summed E-state index contributed by atoms with van der Waals surface area (Å²) in [5, 5.41) is 5.94. The highest BCUT2D eigenvalue weighted by Gasteiger charge is 2.20. The topological polar surface area (TPSA) is 41.1 Å². The molecule has 1 aromatic carbocycles. The Labute approximate surface area is 102 Å². The molecule has 0 aromatic heterocycles. The minimum Gasteiger partial charge on any atom is -0.348 e. The zero-order valence-electron chi connectivity index (χ0n) is 8.59. The Morgan fingerprint density at radius 2 is 2.38 bits per heavy atom. The van der Waals surface area contributed by atoms with Gasteiger partial charge in [0.25, 0.3) is 5.91 Å². The van der Waals surface area contributed by atoms with Crippen LogP contribution in [0, 0.1) is 5.82 Å². The third-order valence-electron chi connectivity index (χ3n) is 2.59. The molecular formula is C11H12BrFN2O. The van der Waals surface area contributed by atoms with E-state index >= 15 is 0 Å². The number of nitrogens with one attached hydrogen (secondary N) is 2. The summed E-state index contributed by atoms with van der Waals surface area (Å²) in [4.78, 5) is 11.8. The van der Waals surface area contributed by atoms with Gasteiger partial charge in [-0.3, -0.25) is 4.79 Å². The van der Waals surface area contributed by atoms with E-state index in [0.29, 0.717) is 4.47 Å². The smallest absolute Gasteiger partial charge is 0.254 e. The Morgan fingerprint density at radius 1 is 1.56 bits per heavy atom. The van der Waals surface area contributed by atoms with E-state index in [4.69, 9.17) is 0 Å². The van der Waals surface area contributed by atoms with Crippen LogP contribution in [0.4, 0.5) is 4.39 Å². The van der Waals surface area contributed by atoms with Crippen LogP contribution in [0.5, 0.6) is 0 Å². The van der Waals surface area contributed by atoms with Crippen LogP contribution in [0.3, 0.4) is 0 Å². The second-order valence-corrected chi connectivity index (χ2v) is 4.62. The summed E-state index contributed by atoms with van der Waals surface area (Å²) in [6, 6.07) is 4.81. The third-order valence-corrected chi connectivity index (χ3v) is 3.20. The Morgan fingerprint density at radius 3 is 3.06 bits per heavy atom. The molecule has 2 rings (SSSR count). The second kappa shape index (κ2) is 4.93. The lowest BCUT2D eigenvalue weighted by Gasteiger charge is -2.11. The van der Waals surface area contributed by atoms with Gasteiger partial charge < -0.3 is 10.6 Å². The highest BCUT2D eigenvalue weighted by molar-refractivity contribution is 9.10. The first kappa shape index (κ1) is 11.5. The zero-order valence-corrected chi connectivity index (χ0v) is 10.2. The summed E-state index contributed by atoms with van der Waals surface area (Å²) < 4.78 is 13.9. The van der Waals surface area contributed by atoms with Gasteiger partial charge in [0.1, 0.15) is 5.82 Å². The van der Waals surface area contributed by atoms with Crippen LogP contribution in [-0.4, -0.2) is 25.0 Å². The molecule has 1 aliphatic heterocycles. The summed E-state index contributed by atoms with van der Waals surface area (Å²) in [6.45, 7) is 1.65. The predicted molar refractivity (Wildman–Crippen MR) is 62.8 cm³/mol. The quantitative estimate of drug-likeness (QED) is 0.869. The van der Waals surface area contributed by atoms with Gasteiger partial charge in [0.05, 0.1) is 10.0 Å². The van der Waals surface area contributed by atoms with E-state index in [1.54, 1.807) is 12.1 Å². The van der Waals surface area contributed by atoms with Crippen molar-refractivity contribution in [2.45, 2.75) is 12.5 Å². The molecule has 1 atom stereocenters. The SMILES string of the molecule is O=C(N[C@H]1CCNC1)c1cccc(Br)c1F. The maximum atomic E-state index is 13.6. The van der Waals surface area contributed by atoms with E-state index < -0.39 is 5.82 Å². The van der Waals surface area contributed by atoms with Gasteiger partial charge in [-0.15, -0.1) is 0 Å². The molecular weight excluding hydrogens is 275 g/mol. The first-order chi connectivity index (χ1) is 7.68. The molecule has 0 unspecified atom stereocenters. The Kier molecular flexibility index (Phi) is 3.56. The van der Waals surface area contributed by atoms with Gasteiger partial charge in [-0.2, -0.15) is 0 Å². The molecule has 1 amide bonds. The van der Waals surface area contributed by atoms with Crippen LogP contribution in [0.1, 0.15) is 16.8 Å². The van der Waals surface area contributed by atoms with Crippen LogP contribution >= 0.6 is 15.9 Å². The lowest BCUT2D eigenvalue weighted by Crippen LogP contribution is -2.36. The molecule has 1 heterocycles. The first-order valence-electron chi connectivity index (χ1n) is 5.14. The van der Waals surface area contributed by atoms with Crippen molar-refractivity contribution in [3.05, 3.63) is 34.1 Å². The van der Waals surface area contributed by atoms with Crippen LogP contribution in [0.2, 0.25) is 0 Å². The molecule has 5 heteroatoms. The number of hydrogen-bond donors (Lipinski definition) is 2. The van der Waals surface area contributed by atoms with Crippen molar-refractivity contribution in [1.29, 1.82) is 0 Å². The molecule has 0 spiro atoms. The molecule has 16 heavy (non-hydrogen) atoms. The van der Waals surface area contributed by atoms with E-state index in [-0.39, 0.29) is 17.5 Å². The van der Waals surface area contributed by atoms with E-state index in [1.807, 2.05) is 0 Å². The second-order valence-electron chi connectivity index (χ2n) is 3.76. The summed E-state index contributed by atoms with van der Waals surface area (Å²) in [5.41, 5.74) is 0.0845. The number of carbonyl (C=O) groups is 1. The molecule has 0 aliphatic carbocycles. The molecule has 86 valence electrons. The van der Waals surface area contributed by atoms with Gasteiger partial charge in [-0.05, 0) is 41.0 Å². The van der Waals surface area contributed by atoms with Crippen molar-refractivity contribution in [2.75, 3.05) is 13.1 Å². The largest absolute Gasteiger partial charge is 0.348 e. The predicted octanol–water partition coefficient (Wildman–Crippen LogP) is 1.68. The van der Waals surface area contributed by atoms with Crippen LogP contribution in [0.25, 0.3) is 0 Å². The highest BCUT2D eigenvalue weighted by atomic mass is 79.9. The fourth-order valence-electron chi connectivity index (χ4n) is 1.72. The van der Waals surface area contributed by atoms with E-state index in [0.717, 1.165) is 19.5 Å². The standard InChI is InChI=1S/C11H12BrFN2O/c12-9-3-1-2-8(10(9)13)11(16)15-7-4-5-14-6-7/h1-3,7,14H,4-6H2,(H,15,16)/t7-/m0/s1. The van der Waals surface area contributed by atoms with Gasteiger partial charge in [0.15, 0.2) is 0 Å². The highest BCUT2D eigenvalue weighted by Crippen LogP contribution is 2.18. The van der Waals surface area contributed by atoms with Gasteiger partial charge in [-0.25, -0.2) is 4.39 Å². The molecule has 0 radical (unpaired) electrons. The van der Waals surface area contributed by atoms with Crippen molar-refractivity contribution < 1.29 is 9.18 Å². The molecule has 1 fully saturated rings. The number of amides is 1. The van der Waals surface area contributed by atoms with Gasteiger partial charge >= 0.3 is 0 Å². The van der Waals surface area contributed by atoms with Crippen LogP contribution in [0.15, 0.2) is 22.7 Å². The fourth-order valence-corrected chi connectivity index (χ4v) is 2.09. The molecule has 1 aliphatic rings. The minimum atomic E-state index is -0.508. The summed E-state index contributed by atoms with van der Waals surface area (Å²) in [6.07, 6.45) is 0.890. The van der Waals surface area contributed by atoms with Gasteiger partial charge in [0.2, 0.25) is 0 Å². The van der Waals surface area contributed by atoms with Crippen LogP contribution in [-0.2, 0) is 0 Å². The Hall–Kier alpha value is -0.940. The number of hydrogen-bond acceptors (Lipinski definition) is 2. The molecule has 0 saturated carbocycles. The summed E-state index contributed by atoms with van der Waals surface area (Å²) in [5.74, 6) is -0.863. The maximum absolute atomic E-state index is 13.6. The average Bonchev–Trinajstić information content (AvgIpc) is 2.74. The van der Waals surface area contributed by atoms with Crippen molar-refractivity contribution in [2.24, 2.45) is 0 Å². The van der Waals surface area contributed by atoms with Crippen molar-refractivity contribution in [3.8, 4) is 0 Å².